The van der Waals surface area contributed by atoms with E-state index in [1.807, 2.05) is 29.7 Å². The van der Waals surface area contributed by atoms with E-state index in [0.29, 0.717) is 26.0 Å². The number of nitrogens with one attached hydrogen (secondary N) is 3. The Morgan fingerprint density at radius 3 is 2.44 bits per heavy atom. The van der Waals surface area contributed by atoms with Crippen LogP contribution in [0.1, 0.15) is 21.5 Å². The molecule has 3 N–H and O–H groups in total. The number of nitro benzene ring substituents is 1. The average molecular weight is 560 g/mol. The minimum Gasteiger partial charge on any atom is -0.322 e. The van der Waals surface area contributed by atoms with Gasteiger partial charge in [-0.25, -0.2) is 9.78 Å². The van der Waals surface area contributed by atoms with Crippen molar-refractivity contribution in [2.75, 3.05) is 5.32 Å². The molecule has 1 aliphatic rings. The van der Waals surface area contributed by atoms with Crippen molar-refractivity contribution in [2.45, 2.75) is 16.2 Å². The van der Waals surface area contributed by atoms with Crippen LogP contribution in [0.4, 0.5) is 16.2 Å². The number of fused-ring (bicyclic) bond motifs is 1. The van der Waals surface area contributed by atoms with Crippen molar-refractivity contribution in [3.05, 3.63) is 93.0 Å². The van der Waals surface area contributed by atoms with E-state index in [-0.39, 0.29) is 22.7 Å². The molecule has 39 heavy (non-hydrogen) atoms. The Hall–Kier alpha value is -4.88. The molecule has 2 heterocycles. The van der Waals surface area contributed by atoms with Crippen molar-refractivity contribution < 1.29 is 24.1 Å². The number of rotatable bonds is 6. The lowest BCUT2D eigenvalue weighted by molar-refractivity contribution is -0.387. The highest BCUT2D eigenvalue weighted by molar-refractivity contribution is 8.01. The Morgan fingerprint density at radius 2 is 1.74 bits per heavy atom. The summed E-state index contributed by atoms with van der Waals surface area (Å²) in [6.45, 7) is 1.94. The zero-order valence-electron chi connectivity index (χ0n) is 20.0. The third kappa shape index (κ3) is 5.68. The molecule has 5 amide bonds. The Balaban J connectivity index is 1.37. The number of barbiturate groups is 1. The molecule has 1 saturated heterocycles. The van der Waals surface area contributed by atoms with Gasteiger partial charge in [0.15, 0.2) is 4.34 Å². The smallest absolute Gasteiger partial charge is 0.322 e. The summed E-state index contributed by atoms with van der Waals surface area (Å²) in [5.41, 5.74) is 2.49. The number of anilines is 1. The number of nitrogens with zero attached hydrogens (tertiary/aromatic N) is 2. The lowest BCUT2D eigenvalue weighted by atomic mass is 10.1. The van der Waals surface area contributed by atoms with Crippen LogP contribution in [0.25, 0.3) is 16.3 Å². The monoisotopic (exact) mass is 559 g/mol. The maximum absolute atomic E-state index is 12.6. The van der Waals surface area contributed by atoms with Gasteiger partial charge in [0.1, 0.15) is 5.57 Å². The predicted molar refractivity (Wildman–Crippen MR) is 146 cm³/mol. The molecule has 4 aromatic rings. The molecule has 0 spiro atoms. The van der Waals surface area contributed by atoms with E-state index in [2.05, 4.69) is 10.3 Å². The van der Waals surface area contributed by atoms with Crippen LogP contribution in [0, 0.1) is 17.0 Å². The zero-order valence-corrected chi connectivity index (χ0v) is 21.6. The second kappa shape index (κ2) is 10.5. The molecule has 0 bridgehead atoms. The molecule has 194 valence electrons. The van der Waals surface area contributed by atoms with Crippen LogP contribution in [-0.4, -0.2) is 33.7 Å². The Kier molecular flexibility index (Phi) is 6.92. The largest absolute Gasteiger partial charge is 0.328 e. The van der Waals surface area contributed by atoms with E-state index in [9.17, 15) is 29.3 Å². The summed E-state index contributed by atoms with van der Waals surface area (Å²) in [6.07, 6.45) is 1.17. The van der Waals surface area contributed by atoms with E-state index < -0.39 is 22.8 Å². The van der Waals surface area contributed by atoms with E-state index in [1.165, 1.54) is 35.6 Å². The maximum atomic E-state index is 12.6. The molecule has 3 aromatic carbocycles. The Bertz CT molecular complexity index is 1710. The second-order valence-corrected chi connectivity index (χ2v) is 10.7. The molecule has 1 aromatic heterocycles. The first-order valence-electron chi connectivity index (χ1n) is 11.3. The molecule has 11 nitrogen and oxygen atoms in total. The van der Waals surface area contributed by atoms with Gasteiger partial charge in [0, 0.05) is 17.3 Å². The Labute approximate surface area is 228 Å². The van der Waals surface area contributed by atoms with E-state index in [1.54, 1.807) is 30.3 Å². The number of aryl methyl sites for hydroxylation is 1. The summed E-state index contributed by atoms with van der Waals surface area (Å²) in [7, 11) is 0. The number of aromatic nitrogens is 1. The van der Waals surface area contributed by atoms with E-state index >= 15 is 0 Å². The fourth-order valence-electron chi connectivity index (χ4n) is 3.65. The first-order chi connectivity index (χ1) is 18.7. The van der Waals surface area contributed by atoms with Gasteiger partial charge in [0.05, 0.1) is 20.0 Å². The van der Waals surface area contributed by atoms with Crippen molar-refractivity contribution in [1.29, 1.82) is 0 Å². The highest BCUT2D eigenvalue weighted by Gasteiger charge is 2.28. The van der Waals surface area contributed by atoms with Crippen molar-refractivity contribution in [3.8, 4) is 0 Å². The topological polar surface area (TPSA) is 160 Å². The Morgan fingerprint density at radius 1 is 1.03 bits per heavy atom. The van der Waals surface area contributed by atoms with Gasteiger partial charge in [-0.1, -0.05) is 35.5 Å². The first-order valence-corrected chi connectivity index (χ1v) is 12.9. The second-order valence-electron chi connectivity index (χ2n) is 8.36. The number of imide groups is 2. The van der Waals surface area contributed by atoms with Crippen LogP contribution in [0.3, 0.4) is 0 Å². The number of benzene rings is 3. The van der Waals surface area contributed by atoms with Crippen LogP contribution in [0.15, 0.2) is 75.5 Å². The molecule has 5 rings (SSSR count). The van der Waals surface area contributed by atoms with Gasteiger partial charge in [-0.15, -0.1) is 11.3 Å². The molecule has 1 aliphatic heterocycles. The SMILES string of the molecule is Cc1ccc(C(=O)Nc2ccc3nc(Sc4ccc(C=C5C(=O)NC(=O)NC5=O)cc4[N+](=O)[O-])sc3c2)cc1. The predicted octanol–water partition coefficient (Wildman–Crippen LogP) is 4.67. The molecule has 0 saturated carbocycles. The van der Waals surface area contributed by atoms with Gasteiger partial charge in [0.2, 0.25) is 0 Å². The van der Waals surface area contributed by atoms with Crippen molar-refractivity contribution in [1.82, 2.24) is 15.6 Å². The number of carbonyl (C=O) groups is 4. The highest BCUT2D eigenvalue weighted by Crippen LogP contribution is 2.39. The fraction of sp³-hybridized carbons (Fsp3) is 0.0385. The molecule has 1 fully saturated rings. The van der Waals surface area contributed by atoms with Gasteiger partial charge in [-0.2, -0.15) is 0 Å². The minimum absolute atomic E-state index is 0.235. The van der Waals surface area contributed by atoms with Crippen molar-refractivity contribution >= 4 is 74.5 Å². The third-order valence-corrected chi connectivity index (χ3v) is 7.72. The summed E-state index contributed by atoms with van der Waals surface area (Å²) in [4.78, 5) is 63.8. The van der Waals surface area contributed by atoms with Gasteiger partial charge in [-0.3, -0.25) is 35.1 Å². The van der Waals surface area contributed by atoms with Crippen LogP contribution in [-0.2, 0) is 9.59 Å². The standard InChI is InChI=1S/C26H17N5O6S2/c1-13-2-5-15(6-3-13)22(32)27-16-7-8-18-21(12-16)39-26(28-18)38-20-9-4-14(11-19(20)31(36)37)10-17-23(33)29-25(35)30-24(17)34/h2-12H,1H3,(H,27,32)(H2,29,30,33,34,35). The summed E-state index contributed by atoms with van der Waals surface area (Å²) >= 11 is 2.41. The molecule has 0 unspecified atom stereocenters. The number of amides is 5. The van der Waals surface area contributed by atoms with Crippen LogP contribution >= 0.6 is 23.1 Å². The molecule has 0 atom stereocenters. The molecule has 13 heteroatoms. The number of hydrogen-bond donors (Lipinski definition) is 3. The number of nitro groups is 1. The van der Waals surface area contributed by atoms with Crippen molar-refractivity contribution in [3.63, 3.8) is 0 Å². The van der Waals surface area contributed by atoms with Crippen molar-refractivity contribution in [2.24, 2.45) is 0 Å². The van der Waals surface area contributed by atoms with Gasteiger partial charge in [-0.05, 0) is 55.0 Å². The number of carbonyl (C=O) groups excluding carboxylic acids is 4. The maximum Gasteiger partial charge on any atom is 0.328 e. The van der Waals surface area contributed by atoms with Crippen LogP contribution < -0.4 is 16.0 Å². The quantitative estimate of drug-likeness (QED) is 0.133. The molecule has 0 aliphatic carbocycles. The summed E-state index contributed by atoms with van der Waals surface area (Å²) in [6, 6.07) is 15.8. The number of urea groups is 1. The van der Waals surface area contributed by atoms with E-state index in [0.717, 1.165) is 22.0 Å². The number of thiazole rings is 1. The molecule has 0 radical (unpaired) electrons. The zero-order chi connectivity index (χ0) is 27.7. The van der Waals surface area contributed by atoms with E-state index in [4.69, 9.17) is 0 Å². The third-order valence-electron chi connectivity index (χ3n) is 5.57. The average Bonchev–Trinajstić information content (AvgIpc) is 3.28. The molecular weight excluding hydrogens is 542 g/mol. The van der Waals surface area contributed by atoms with Gasteiger partial charge < -0.3 is 5.32 Å². The summed E-state index contributed by atoms with van der Waals surface area (Å²) in [5.74, 6) is -2.03. The highest BCUT2D eigenvalue weighted by atomic mass is 32.2. The summed E-state index contributed by atoms with van der Waals surface area (Å²) in [5, 5.41) is 18.6. The number of hydrogen-bond acceptors (Lipinski definition) is 9. The normalized spacial score (nSPS) is 13.2. The fourth-order valence-corrected chi connectivity index (χ4v) is 5.80. The first kappa shape index (κ1) is 25.8. The lowest BCUT2D eigenvalue weighted by Gasteiger charge is -2.13. The van der Waals surface area contributed by atoms with Crippen LogP contribution in [0.2, 0.25) is 0 Å². The van der Waals surface area contributed by atoms with Crippen LogP contribution in [0.5, 0.6) is 0 Å². The van der Waals surface area contributed by atoms with Gasteiger partial charge >= 0.3 is 6.03 Å². The lowest BCUT2D eigenvalue weighted by Crippen LogP contribution is -2.51. The summed E-state index contributed by atoms with van der Waals surface area (Å²) < 4.78 is 1.33. The van der Waals surface area contributed by atoms with Gasteiger partial charge in [0.25, 0.3) is 23.4 Å². The minimum atomic E-state index is -0.934. The molecular formula is C26H17N5O6S2.